The molecule has 3 aromatic rings. The molecule has 0 aliphatic heterocycles. The summed E-state index contributed by atoms with van der Waals surface area (Å²) in [6, 6.07) is 13.6. The molecule has 6 nitrogen and oxygen atoms in total. The van der Waals surface area contributed by atoms with E-state index >= 15 is 0 Å². The van der Waals surface area contributed by atoms with Gasteiger partial charge in [0.1, 0.15) is 5.82 Å². The Kier molecular flexibility index (Phi) is 3.87. The van der Waals surface area contributed by atoms with Crippen molar-refractivity contribution in [1.82, 2.24) is 19.8 Å². The average molecular weight is 304 g/mol. The van der Waals surface area contributed by atoms with E-state index in [4.69, 9.17) is 11.6 Å². The van der Waals surface area contributed by atoms with Crippen LogP contribution in [0.25, 0.3) is 5.65 Å². The Balaban J connectivity index is 1.78. The summed E-state index contributed by atoms with van der Waals surface area (Å²) in [5, 5.41) is 13.6. The number of halogens is 1. The van der Waals surface area contributed by atoms with Crippen molar-refractivity contribution in [2.75, 3.05) is 11.2 Å². The predicted molar refractivity (Wildman–Crippen MR) is 81.9 cm³/mol. The van der Waals surface area contributed by atoms with Crippen molar-refractivity contribution in [3.05, 3.63) is 58.5 Å². The molecule has 2 N–H and O–H groups in total. The van der Waals surface area contributed by atoms with Gasteiger partial charge in [-0.15, -0.1) is 16.7 Å². The summed E-state index contributed by atoms with van der Waals surface area (Å²) in [7, 11) is 0. The van der Waals surface area contributed by atoms with Gasteiger partial charge in [0.15, 0.2) is 5.65 Å². The third kappa shape index (κ3) is 3.05. The zero-order valence-electron chi connectivity index (χ0n) is 11.2. The molecule has 0 fully saturated rings. The molecule has 0 bridgehead atoms. The lowest BCUT2D eigenvalue weighted by Crippen LogP contribution is -2.25. The second-order valence-electron chi connectivity index (χ2n) is 4.70. The highest BCUT2D eigenvalue weighted by Crippen LogP contribution is 2.10. The van der Waals surface area contributed by atoms with Gasteiger partial charge in [-0.25, -0.2) is 9.89 Å². The van der Waals surface area contributed by atoms with Crippen LogP contribution in [-0.2, 0) is 6.42 Å². The van der Waals surface area contributed by atoms with E-state index in [0.717, 1.165) is 6.42 Å². The van der Waals surface area contributed by atoms with E-state index < -0.39 is 0 Å². The van der Waals surface area contributed by atoms with Crippen LogP contribution in [0.5, 0.6) is 0 Å². The standard InChI is InChI=1S/C14H14ClN5O/c15-9-11(8-10-4-2-1-3-5-10)16-12-6-7-13-17-18-14(21)20(13)19-12/h1-7,11H,8-9H2,(H,16,19)(H,18,21). The summed E-state index contributed by atoms with van der Waals surface area (Å²) in [6.07, 6.45) is 0.782. The Labute approximate surface area is 125 Å². The van der Waals surface area contributed by atoms with Gasteiger partial charge < -0.3 is 5.32 Å². The zero-order valence-corrected chi connectivity index (χ0v) is 11.9. The summed E-state index contributed by atoms with van der Waals surface area (Å²) in [6.45, 7) is 0. The summed E-state index contributed by atoms with van der Waals surface area (Å²) in [5.74, 6) is 1.03. The van der Waals surface area contributed by atoms with E-state index in [-0.39, 0.29) is 11.7 Å². The van der Waals surface area contributed by atoms with Crippen LogP contribution in [0, 0.1) is 0 Å². The minimum absolute atomic E-state index is 0.0293. The molecule has 0 aliphatic rings. The Morgan fingerprint density at radius 1 is 1.24 bits per heavy atom. The smallest absolute Gasteiger partial charge is 0.364 e. The molecule has 3 rings (SSSR count). The summed E-state index contributed by atoms with van der Waals surface area (Å²) >= 11 is 6.02. The number of rotatable bonds is 5. The maximum atomic E-state index is 11.5. The maximum absolute atomic E-state index is 11.5. The molecule has 0 amide bonds. The van der Waals surface area contributed by atoms with Crippen molar-refractivity contribution >= 4 is 23.1 Å². The number of aromatic nitrogens is 4. The van der Waals surface area contributed by atoms with Gasteiger partial charge in [-0.1, -0.05) is 30.3 Å². The van der Waals surface area contributed by atoms with Crippen LogP contribution in [0.15, 0.2) is 47.3 Å². The van der Waals surface area contributed by atoms with Crippen LogP contribution < -0.4 is 11.0 Å². The number of fused-ring (bicyclic) bond motifs is 1. The van der Waals surface area contributed by atoms with E-state index in [2.05, 4.69) is 32.7 Å². The van der Waals surface area contributed by atoms with Gasteiger partial charge in [0.25, 0.3) is 0 Å². The molecule has 0 aliphatic carbocycles. The second-order valence-corrected chi connectivity index (χ2v) is 5.01. The van der Waals surface area contributed by atoms with Crippen molar-refractivity contribution in [3.8, 4) is 0 Å². The Morgan fingerprint density at radius 3 is 2.81 bits per heavy atom. The highest BCUT2D eigenvalue weighted by molar-refractivity contribution is 6.18. The van der Waals surface area contributed by atoms with Gasteiger partial charge in [-0.05, 0) is 24.1 Å². The minimum atomic E-state index is -0.362. The number of alkyl halides is 1. The largest absolute Gasteiger partial charge is 0.364 e. The van der Waals surface area contributed by atoms with Crippen molar-refractivity contribution in [3.63, 3.8) is 0 Å². The number of benzene rings is 1. The summed E-state index contributed by atoms with van der Waals surface area (Å²) in [5.41, 5.74) is 1.31. The number of anilines is 1. The molecular weight excluding hydrogens is 290 g/mol. The van der Waals surface area contributed by atoms with Crippen LogP contribution in [0.3, 0.4) is 0 Å². The Hall–Kier alpha value is -2.34. The molecule has 1 unspecified atom stereocenters. The zero-order chi connectivity index (χ0) is 14.7. The first-order chi connectivity index (χ1) is 10.3. The van der Waals surface area contributed by atoms with Crippen LogP contribution in [0.4, 0.5) is 5.82 Å². The lowest BCUT2D eigenvalue weighted by molar-refractivity contribution is 0.776. The van der Waals surface area contributed by atoms with Crippen LogP contribution in [-0.4, -0.2) is 31.7 Å². The van der Waals surface area contributed by atoms with Gasteiger partial charge in [0.2, 0.25) is 0 Å². The number of hydrogen-bond donors (Lipinski definition) is 2. The number of aromatic amines is 1. The maximum Gasteiger partial charge on any atom is 0.364 e. The molecule has 1 aromatic carbocycles. The summed E-state index contributed by atoms with van der Waals surface area (Å²) < 4.78 is 1.22. The first kappa shape index (κ1) is 13.6. The fraction of sp³-hybridized carbons (Fsp3) is 0.214. The first-order valence-corrected chi connectivity index (χ1v) is 7.10. The fourth-order valence-electron chi connectivity index (χ4n) is 2.13. The molecule has 0 radical (unpaired) electrons. The van der Waals surface area contributed by atoms with Gasteiger partial charge >= 0.3 is 5.69 Å². The number of hydrogen-bond acceptors (Lipinski definition) is 4. The molecule has 0 spiro atoms. The highest BCUT2D eigenvalue weighted by atomic mass is 35.5. The minimum Gasteiger partial charge on any atom is -0.364 e. The fourth-order valence-corrected chi connectivity index (χ4v) is 2.32. The van der Waals surface area contributed by atoms with E-state index in [1.54, 1.807) is 12.1 Å². The van der Waals surface area contributed by atoms with Crippen molar-refractivity contribution in [1.29, 1.82) is 0 Å². The van der Waals surface area contributed by atoms with Gasteiger partial charge in [0, 0.05) is 11.9 Å². The lowest BCUT2D eigenvalue weighted by Gasteiger charge is -2.16. The van der Waals surface area contributed by atoms with Crippen molar-refractivity contribution in [2.45, 2.75) is 12.5 Å². The van der Waals surface area contributed by atoms with Crippen LogP contribution >= 0.6 is 11.6 Å². The quantitative estimate of drug-likeness (QED) is 0.703. The van der Waals surface area contributed by atoms with Gasteiger partial charge in [-0.2, -0.15) is 9.61 Å². The van der Waals surface area contributed by atoms with E-state index in [9.17, 15) is 4.79 Å². The second kappa shape index (κ2) is 5.97. The van der Waals surface area contributed by atoms with Gasteiger partial charge in [0.05, 0.1) is 0 Å². The molecule has 2 heterocycles. The van der Waals surface area contributed by atoms with Gasteiger partial charge in [-0.3, -0.25) is 0 Å². The molecule has 0 saturated carbocycles. The van der Waals surface area contributed by atoms with Crippen molar-refractivity contribution in [2.24, 2.45) is 0 Å². The normalized spacial score (nSPS) is 12.4. The van der Waals surface area contributed by atoms with Crippen LogP contribution in [0.2, 0.25) is 0 Å². The molecule has 2 aromatic heterocycles. The topological polar surface area (TPSA) is 75.1 Å². The Morgan fingerprint density at radius 2 is 2.05 bits per heavy atom. The molecule has 1 atom stereocenters. The third-order valence-electron chi connectivity index (χ3n) is 3.14. The highest BCUT2D eigenvalue weighted by Gasteiger charge is 2.10. The number of nitrogens with one attached hydrogen (secondary N) is 2. The number of nitrogens with zero attached hydrogens (tertiary/aromatic N) is 3. The first-order valence-electron chi connectivity index (χ1n) is 6.57. The average Bonchev–Trinajstić information content (AvgIpc) is 2.89. The molecule has 7 heteroatoms. The van der Waals surface area contributed by atoms with E-state index in [1.165, 1.54) is 10.1 Å². The van der Waals surface area contributed by atoms with Crippen LogP contribution in [0.1, 0.15) is 5.56 Å². The van der Waals surface area contributed by atoms with Crippen molar-refractivity contribution < 1.29 is 0 Å². The SMILES string of the molecule is O=c1[nH]nc2ccc(NC(CCl)Cc3ccccc3)nn12. The Bertz CT molecular complexity index is 783. The monoisotopic (exact) mass is 303 g/mol. The van der Waals surface area contributed by atoms with E-state index in [1.807, 2.05) is 18.2 Å². The third-order valence-corrected chi connectivity index (χ3v) is 3.51. The molecule has 0 saturated heterocycles. The molecule has 21 heavy (non-hydrogen) atoms. The van der Waals surface area contributed by atoms with E-state index in [0.29, 0.717) is 17.3 Å². The molecule has 108 valence electrons. The number of H-pyrrole nitrogens is 1. The summed E-state index contributed by atoms with van der Waals surface area (Å²) in [4.78, 5) is 11.5. The lowest BCUT2D eigenvalue weighted by atomic mass is 10.1. The molecular formula is C14H14ClN5O. The predicted octanol–water partition coefficient (Wildman–Crippen LogP) is 1.68.